The number of carbonyl (C=O) groups excluding carboxylic acids is 1. The van der Waals surface area contributed by atoms with Gasteiger partial charge in [0.05, 0.1) is 19.8 Å². The molecule has 104 valence electrons. The molecular formula is C15H13IO3S. The molecule has 0 bridgehead atoms. The van der Waals surface area contributed by atoms with Gasteiger partial charge in [-0.15, -0.1) is 0 Å². The highest BCUT2D eigenvalue weighted by molar-refractivity contribution is 14.1. The topological polar surface area (TPSA) is 35.5 Å². The Balaban J connectivity index is 2.16. The fourth-order valence-electron chi connectivity index (χ4n) is 1.60. The second-order valence-electron chi connectivity index (χ2n) is 3.91. The Labute approximate surface area is 135 Å². The minimum atomic E-state index is -0.319. The molecule has 2 rings (SSSR count). The maximum Gasteiger partial charge on any atom is 0.337 e. The molecule has 0 atom stereocenters. The highest BCUT2D eigenvalue weighted by Gasteiger charge is 2.07. The lowest BCUT2D eigenvalue weighted by molar-refractivity contribution is 0.0600. The quantitative estimate of drug-likeness (QED) is 0.568. The van der Waals surface area contributed by atoms with Crippen LogP contribution in [0.25, 0.3) is 0 Å². The van der Waals surface area contributed by atoms with Gasteiger partial charge in [-0.1, -0.05) is 11.8 Å². The van der Waals surface area contributed by atoms with Gasteiger partial charge in [0, 0.05) is 13.4 Å². The maximum absolute atomic E-state index is 11.4. The van der Waals surface area contributed by atoms with Crippen molar-refractivity contribution in [2.24, 2.45) is 0 Å². The summed E-state index contributed by atoms with van der Waals surface area (Å²) in [5.41, 5.74) is 0.557. The van der Waals surface area contributed by atoms with Crippen molar-refractivity contribution in [3.05, 3.63) is 51.6 Å². The first kappa shape index (κ1) is 15.2. The molecule has 0 amide bonds. The summed E-state index contributed by atoms with van der Waals surface area (Å²) in [7, 11) is 3.04. The van der Waals surface area contributed by atoms with Crippen molar-refractivity contribution in [3.8, 4) is 5.75 Å². The summed E-state index contributed by atoms with van der Waals surface area (Å²) in [5.74, 6) is 0.528. The fourth-order valence-corrected chi connectivity index (χ4v) is 3.23. The average molecular weight is 400 g/mol. The number of hydrogen-bond acceptors (Lipinski definition) is 4. The molecule has 0 aliphatic rings. The minimum Gasteiger partial charge on any atom is -0.497 e. The zero-order valence-corrected chi connectivity index (χ0v) is 14.0. The van der Waals surface area contributed by atoms with Crippen molar-refractivity contribution in [1.29, 1.82) is 0 Å². The molecule has 0 aromatic heterocycles. The lowest BCUT2D eigenvalue weighted by Crippen LogP contribution is -2.00. The molecule has 2 aromatic carbocycles. The van der Waals surface area contributed by atoms with E-state index in [1.54, 1.807) is 31.0 Å². The second kappa shape index (κ2) is 6.99. The average Bonchev–Trinajstić information content (AvgIpc) is 2.49. The summed E-state index contributed by atoms with van der Waals surface area (Å²) in [4.78, 5) is 13.6. The van der Waals surface area contributed by atoms with Crippen molar-refractivity contribution in [2.75, 3.05) is 14.2 Å². The molecule has 20 heavy (non-hydrogen) atoms. The zero-order valence-electron chi connectivity index (χ0n) is 11.1. The van der Waals surface area contributed by atoms with E-state index in [2.05, 4.69) is 27.3 Å². The van der Waals surface area contributed by atoms with Gasteiger partial charge < -0.3 is 9.47 Å². The van der Waals surface area contributed by atoms with E-state index in [1.807, 2.05) is 30.3 Å². The Hall–Kier alpha value is -1.21. The molecule has 5 heteroatoms. The van der Waals surface area contributed by atoms with Gasteiger partial charge in [0.25, 0.3) is 0 Å². The smallest absolute Gasteiger partial charge is 0.337 e. The van der Waals surface area contributed by atoms with Crippen molar-refractivity contribution in [1.82, 2.24) is 0 Å². The molecule has 0 saturated carbocycles. The number of methoxy groups -OCH3 is 2. The number of benzene rings is 2. The summed E-state index contributed by atoms with van der Waals surface area (Å²) in [5, 5.41) is 0. The van der Waals surface area contributed by atoms with Crippen LogP contribution in [0.5, 0.6) is 5.75 Å². The summed E-state index contributed by atoms with van der Waals surface area (Å²) in [6.45, 7) is 0. The van der Waals surface area contributed by atoms with Crippen molar-refractivity contribution in [3.63, 3.8) is 0 Å². The van der Waals surface area contributed by atoms with Gasteiger partial charge in [-0.05, 0) is 65.1 Å². The predicted octanol–water partition coefficient (Wildman–Crippen LogP) is 4.24. The van der Waals surface area contributed by atoms with Crippen LogP contribution in [0.4, 0.5) is 0 Å². The third kappa shape index (κ3) is 3.67. The van der Waals surface area contributed by atoms with Crippen LogP contribution in [0.1, 0.15) is 10.4 Å². The summed E-state index contributed by atoms with van der Waals surface area (Å²) >= 11 is 3.93. The molecule has 0 fully saturated rings. The van der Waals surface area contributed by atoms with Crippen molar-refractivity contribution >= 4 is 40.3 Å². The maximum atomic E-state index is 11.4. The Morgan fingerprint density at radius 3 is 2.35 bits per heavy atom. The SMILES string of the molecule is COC(=O)c1ccc(Sc2ccc(OC)cc2I)cc1. The van der Waals surface area contributed by atoms with Gasteiger partial charge in [0.1, 0.15) is 5.75 Å². The van der Waals surface area contributed by atoms with Crippen LogP contribution in [0, 0.1) is 3.57 Å². The molecule has 0 aliphatic carbocycles. The van der Waals surface area contributed by atoms with Crippen molar-refractivity contribution in [2.45, 2.75) is 9.79 Å². The number of halogens is 1. The minimum absolute atomic E-state index is 0.319. The number of hydrogen-bond donors (Lipinski definition) is 0. The molecule has 0 spiro atoms. The van der Waals surface area contributed by atoms with Crippen LogP contribution in [0.3, 0.4) is 0 Å². The molecule has 2 aromatic rings. The van der Waals surface area contributed by atoms with Crippen LogP contribution >= 0.6 is 34.4 Å². The van der Waals surface area contributed by atoms with Crippen LogP contribution in [-0.2, 0) is 4.74 Å². The lowest BCUT2D eigenvalue weighted by atomic mass is 10.2. The van der Waals surface area contributed by atoms with E-state index in [9.17, 15) is 4.79 Å². The van der Waals surface area contributed by atoms with Crippen LogP contribution in [-0.4, -0.2) is 20.2 Å². The van der Waals surface area contributed by atoms with E-state index in [0.717, 1.165) is 19.1 Å². The van der Waals surface area contributed by atoms with Gasteiger partial charge in [-0.2, -0.15) is 0 Å². The molecule has 3 nitrogen and oxygen atoms in total. The lowest BCUT2D eigenvalue weighted by Gasteiger charge is -2.07. The first-order valence-electron chi connectivity index (χ1n) is 5.84. The molecule has 0 radical (unpaired) electrons. The molecule has 0 saturated heterocycles. The first-order chi connectivity index (χ1) is 9.63. The van der Waals surface area contributed by atoms with E-state index in [4.69, 9.17) is 4.74 Å². The highest BCUT2D eigenvalue weighted by Crippen LogP contribution is 2.33. The molecular weight excluding hydrogens is 387 g/mol. The van der Waals surface area contributed by atoms with E-state index < -0.39 is 0 Å². The van der Waals surface area contributed by atoms with Gasteiger partial charge in [0.15, 0.2) is 0 Å². The largest absolute Gasteiger partial charge is 0.497 e. The van der Waals surface area contributed by atoms with Crippen molar-refractivity contribution < 1.29 is 14.3 Å². The van der Waals surface area contributed by atoms with E-state index >= 15 is 0 Å². The predicted molar refractivity (Wildman–Crippen MR) is 87.6 cm³/mol. The van der Waals surface area contributed by atoms with E-state index in [1.165, 1.54) is 7.11 Å². The number of carbonyl (C=O) groups is 1. The number of ether oxygens (including phenoxy) is 2. The monoisotopic (exact) mass is 400 g/mol. The second-order valence-corrected chi connectivity index (χ2v) is 6.19. The van der Waals surface area contributed by atoms with Gasteiger partial charge in [-0.25, -0.2) is 4.79 Å². The van der Waals surface area contributed by atoms with E-state index in [-0.39, 0.29) is 5.97 Å². The summed E-state index contributed by atoms with van der Waals surface area (Å²) in [6, 6.07) is 13.3. The highest BCUT2D eigenvalue weighted by atomic mass is 127. The van der Waals surface area contributed by atoms with Crippen LogP contribution in [0.15, 0.2) is 52.3 Å². The van der Waals surface area contributed by atoms with Crippen LogP contribution in [0.2, 0.25) is 0 Å². The molecule has 0 heterocycles. The molecule has 0 N–H and O–H groups in total. The van der Waals surface area contributed by atoms with Gasteiger partial charge in [0.2, 0.25) is 0 Å². The van der Waals surface area contributed by atoms with Crippen LogP contribution < -0.4 is 4.74 Å². The Bertz CT molecular complexity index is 611. The molecule has 0 aliphatic heterocycles. The van der Waals surface area contributed by atoms with Gasteiger partial charge in [-0.3, -0.25) is 0 Å². The summed E-state index contributed by atoms with van der Waals surface area (Å²) < 4.78 is 11.0. The Morgan fingerprint density at radius 1 is 1.10 bits per heavy atom. The third-order valence-corrected chi connectivity index (χ3v) is 4.98. The normalized spacial score (nSPS) is 10.2. The molecule has 0 unspecified atom stereocenters. The zero-order chi connectivity index (χ0) is 14.5. The van der Waals surface area contributed by atoms with Gasteiger partial charge >= 0.3 is 5.97 Å². The number of rotatable bonds is 4. The van der Waals surface area contributed by atoms with E-state index in [0.29, 0.717) is 5.56 Å². The summed E-state index contributed by atoms with van der Waals surface area (Å²) in [6.07, 6.45) is 0. The fraction of sp³-hybridized carbons (Fsp3) is 0.133. The standard InChI is InChI=1S/C15H13IO3S/c1-18-11-5-8-14(13(16)9-11)20-12-6-3-10(4-7-12)15(17)19-2/h3-9H,1-2H3. The Morgan fingerprint density at radius 2 is 1.80 bits per heavy atom. The third-order valence-electron chi connectivity index (χ3n) is 2.64. The Kier molecular flexibility index (Phi) is 5.31. The number of esters is 1. The first-order valence-corrected chi connectivity index (χ1v) is 7.73.